The van der Waals surface area contributed by atoms with E-state index in [2.05, 4.69) is 31.2 Å². The van der Waals surface area contributed by atoms with Crippen LogP contribution in [-0.4, -0.2) is 17.0 Å². The Balaban J connectivity index is 2.24. The highest BCUT2D eigenvalue weighted by atomic mass is 79.9. The molecule has 19 heavy (non-hydrogen) atoms. The Bertz CT molecular complexity index is 592. The minimum absolute atomic E-state index is 0.0927. The van der Waals surface area contributed by atoms with Gasteiger partial charge in [0.1, 0.15) is 0 Å². The number of rotatable bonds is 4. The normalized spacial score (nSPS) is 10.5. The zero-order chi connectivity index (χ0) is 13.8. The molecule has 0 aliphatic heterocycles. The number of aromatic nitrogens is 2. The van der Waals surface area contributed by atoms with Crippen molar-refractivity contribution in [3.63, 3.8) is 0 Å². The minimum atomic E-state index is -0.455. The molecule has 0 aliphatic carbocycles. The summed E-state index contributed by atoms with van der Waals surface area (Å²) in [6.07, 6.45) is 1.67. The van der Waals surface area contributed by atoms with Crippen molar-refractivity contribution in [1.82, 2.24) is 15.3 Å². The van der Waals surface area contributed by atoms with Crippen molar-refractivity contribution in [3.05, 3.63) is 45.9 Å². The predicted octanol–water partition coefficient (Wildman–Crippen LogP) is 3.20. The molecule has 0 unspecified atom stereocenters. The van der Waals surface area contributed by atoms with Crippen LogP contribution >= 0.6 is 15.9 Å². The van der Waals surface area contributed by atoms with Gasteiger partial charge in [0.05, 0.1) is 0 Å². The van der Waals surface area contributed by atoms with E-state index in [1.54, 1.807) is 12.3 Å². The predicted molar refractivity (Wildman–Crippen MR) is 73.7 cm³/mol. The molecule has 0 bridgehead atoms. The molecule has 4 nitrogen and oxygen atoms in total. The van der Waals surface area contributed by atoms with E-state index >= 15 is 0 Å². The van der Waals surface area contributed by atoms with Crippen molar-refractivity contribution >= 4 is 15.9 Å². The number of hydrogen-bond donors (Lipinski definition) is 1. The van der Waals surface area contributed by atoms with Crippen LogP contribution < -0.4 is 10.1 Å². The average Bonchev–Trinajstić information content (AvgIpc) is 2.37. The third kappa shape index (κ3) is 3.48. The first-order valence-electron chi connectivity index (χ1n) is 5.70. The topological polar surface area (TPSA) is 47.0 Å². The number of halogens is 2. The molecule has 0 spiro atoms. The van der Waals surface area contributed by atoms with Crippen LogP contribution in [0, 0.1) is 12.7 Å². The Kier molecular flexibility index (Phi) is 4.44. The number of ether oxygens (including phenoxy) is 1. The smallest absolute Gasteiger partial charge is 0.322 e. The molecule has 2 rings (SSSR count). The molecule has 1 aromatic heterocycles. The van der Waals surface area contributed by atoms with Crippen molar-refractivity contribution in [2.24, 2.45) is 0 Å². The van der Waals surface area contributed by atoms with Gasteiger partial charge in [-0.15, -0.1) is 0 Å². The van der Waals surface area contributed by atoms with Crippen LogP contribution in [0.2, 0.25) is 0 Å². The third-order valence-electron chi connectivity index (χ3n) is 2.52. The third-order valence-corrected chi connectivity index (χ3v) is 3.01. The van der Waals surface area contributed by atoms with Crippen LogP contribution in [0.25, 0.3) is 0 Å². The lowest BCUT2D eigenvalue weighted by atomic mass is 10.2. The van der Waals surface area contributed by atoms with E-state index in [0.717, 1.165) is 15.7 Å². The van der Waals surface area contributed by atoms with E-state index in [1.807, 2.05) is 14.0 Å². The van der Waals surface area contributed by atoms with Crippen molar-refractivity contribution in [1.29, 1.82) is 0 Å². The summed E-state index contributed by atoms with van der Waals surface area (Å²) in [6.45, 7) is 2.54. The highest BCUT2D eigenvalue weighted by molar-refractivity contribution is 9.10. The lowest BCUT2D eigenvalue weighted by Crippen LogP contribution is -2.08. The van der Waals surface area contributed by atoms with Crippen LogP contribution in [-0.2, 0) is 6.54 Å². The summed E-state index contributed by atoms with van der Waals surface area (Å²) >= 11 is 3.26. The molecule has 6 heteroatoms. The Morgan fingerprint density at radius 1 is 1.42 bits per heavy atom. The Labute approximate surface area is 119 Å². The van der Waals surface area contributed by atoms with Gasteiger partial charge in [-0.05, 0) is 32.2 Å². The van der Waals surface area contributed by atoms with E-state index in [9.17, 15) is 4.39 Å². The lowest BCUT2D eigenvalue weighted by molar-refractivity contribution is 0.409. The minimum Gasteiger partial charge on any atom is -0.421 e. The highest BCUT2D eigenvalue weighted by Gasteiger charge is 2.09. The van der Waals surface area contributed by atoms with E-state index in [0.29, 0.717) is 6.54 Å². The Morgan fingerprint density at radius 2 is 2.21 bits per heavy atom. The van der Waals surface area contributed by atoms with Crippen LogP contribution in [0.5, 0.6) is 11.8 Å². The maximum atomic E-state index is 13.5. The number of hydrogen-bond acceptors (Lipinski definition) is 4. The number of nitrogens with one attached hydrogen (secondary N) is 1. The first-order valence-corrected chi connectivity index (χ1v) is 6.49. The van der Waals surface area contributed by atoms with E-state index in [1.165, 1.54) is 12.1 Å². The van der Waals surface area contributed by atoms with Gasteiger partial charge < -0.3 is 10.1 Å². The summed E-state index contributed by atoms with van der Waals surface area (Å²) in [5.41, 5.74) is 1.78. The second-order valence-corrected chi connectivity index (χ2v) is 4.89. The van der Waals surface area contributed by atoms with Crippen molar-refractivity contribution < 1.29 is 9.13 Å². The number of benzene rings is 1. The molecule has 0 saturated carbocycles. The maximum Gasteiger partial charge on any atom is 0.322 e. The second-order valence-electron chi connectivity index (χ2n) is 3.97. The first kappa shape index (κ1) is 13.9. The maximum absolute atomic E-state index is 13.5. The summed E-state index contributed by atoms with van der Waals surface area (Å²) in [5, 5.41) is 3.02. The van der Waals surface area contributed by atoms with Gasteiger partial charge in [-0.1, -0.05) is 15.9 Å². The molecular weight excluding hydrogens is 313 g/mol. The van der Waals surface area contributed by atoms with E-state index < -0.39 is 5.82 Å². The summed E-state index contributed by atoms with van der Waals surface area (Å²) in [4.78, 5) is 8.27. The van der Waals surface area contributed by atoms with Crippen LogP contribution in [0.1, 0.15) is 11.3 Å². The average molecular weight is 326 g/mol. The van der Waals surface area contributed by atoms with Gasteiger partial charge in [0.15, 0.2) is 11.6 Å². The van der Waals surface area contributed by atoms with Gasteiger partial charge >= 0.3 is 6.01 Å². The lowest BCUT2D eigenvalue weighted by Gasteiger charge is -2.08. The molecule has 1 heterocycles. The fourth-order valence-corrected chi connectivity index (χ4v) is 1.88. The van der Waals surface area contributed by atoms with Crippen LogP contribution in [0.4, 0.5) is 4.39 Å². The van der Waals surface area contributed by atoms with E-state index in [-0.39, 0.29) is 11.8 Å². The molecule has 0 saturated heterocycles. The molecule has 0 atom stereocenters. The zero-order valence-electron chi connectivity index (χ0n) is 10.6. The van der Waals surface area contributed by atoms with Gasteiger partial charge in [0.25, 0.3) is 0 Å². The number of nitrogens with zero attached hydrogens (tertiary/aromatic N) is 2. The van der Waals surface area contributed by atoms with Gasteiger partial charge in [0, 0.05) is 28.5 Å². The van der Waals surface area contributed by atoms with Gasteiger partial charge in [-0.25, -0.2) is 9.37 Å². The van der Waals surface area contributed by atoms with Gasteiger partial charge in [-0.3, -0.25) is 0 Å². The standard InChI is InChI=1S/C13H13BrFN3O/c1-8-9(6-16-2)7-17-13(18-8)19-12-5-10(14)3-4-11(12)15/h3-5,7,16H,6H2,1-2H3. The van der Waals surface area contributed by atoms with Crippen molar-refractivity contribution in [3.8, 4) is 11.8 Å². The molecule has 2 aromatic rings. The summed E-state index contributed by atoms with van der Waals surface area (Å²) in [7, 11) is 1.85. The van der Waals surface area contributed by atoms with Gasteiger partial charge in [-0.2, -0.15) is 4.98 Å². The number of aryl methyl sites for hydroxylation is 1. The molecule has 1 aromatic carbocycles. The highest BCUT2D eigenvalue weighted by Crippen LogP contribution is 2.25. The van der Waals surface area contributed by atoms with Crippen LogP contribution in [0.15, 0.2) is 28.9 Å². The monoisotopic (exact) mass is 325 g/mol. The first-order chi connectivity index (χ1) is 9.10. The van der Waals surface area contributed by atoms with Gasteiger partial charge in [0.2, 0.25) is 0 Å². The Morgan fingerprint density at radius 3 is 2.89 bits per heavy atom. The quantitative estimate of drug-likeness (QED) is 0.937. The van der Waals surface area contributed by atoms with Crippen molar-refractivity contribution in [2.45, 2.75) is 13.5 Å². The fourth-order valence-electron chi connectivity index (χ4n) is 1.54. The molecule has 0 fully saturated rings. The molecule has 0 radical (unpaired) electrons. The largest absolute Gasteiger partial charge is 0.421 e. The Hall–Kier alpha value is -1.53. The van der Waals surface area contributed by atoms with Crippen molar-refractivity contribution in [2.75, 3.05) is 7.05 Å². The molecular formula is C13H13BrFN3O. The molecule has 1 N–H and O–H groups in total. The second kappa shape index (κ2) is 6.08. The summed E-state index contributed by atoms with van der Waals surface area (Å²) in [6, 6.07) is 4.59. The van der Waals surface area contributed by atoms with E-state index in [4.69, 9.17) is 4.74 Å². The SMILES string of the molecule is CNCc1cnc(Oc2cc(Br)ccc2F)nc1C. The zero-order valence-corrected chi connectivity index (χ0v) is 12.2. The summed E-state index contributed by atoms with van der Waals surface area (Å²) in [5.74, 6) is -0.362. The summed E-state index contributed by atoms with van der Waals surface area (Å²) < 4.78 is 19.6. The fraction of sp³-hybridized carbons (Fsp3) is 0.231. The molecule has 0 aliphatic rings. The molecule has 100 valence electrons. The molecule has 0 amide bonds. The van der Waals surface area contributed by atoms with Crippen LogP contribution in [0.3, 0.4) is 0 Å².